The zero-order chi connectivity index (χ0) is 27.5. The Hall–Kier alpha value is -2.67. The molecule has 0 bridgehead atoms. The van der Waals surface area contributed by atoms with Crippen molar-refractivity contribution in [2.75, 3.05) is 24.8 Å². The Kier molecular flexibility index (Phi) is 8.65. The summed E-state index contributed by atoms with van der Waals surface area (Å²) < 4.78 is 64.8. The summed E-state index contributed by atoms with van der Waals surface area (Å²) in [6.45, 7) is 3.91. The third-order valence-corrected chi connectivity index (χ3v) is 10.6. The number of hydrogen-bond acceptors (Lipinski definition) is 9. The van der Waals surface area contributed by atoms with Gasteiger partial charge in [-0.25, -0.2) is 21.1 Å². The van der Waals surface area contributed by atoms with Crippen molar-refractivity contribution in [3.8, 4) is 11.5 Å². The van der Waals surface area contributed by atoms with E-state index in [1.54, 1.807) is 6.92 Å². The minimum absolute atomic E-state index is 0.0418. The number of sulfone groups is 1. The van der Waals surface area contributed by atoms with Crippen molar-refractivity contribution in [3.05, 3.63) is 54.1 Å². The molecule has 2 aliphatic heterocycles. The molecule has 38 heavy (non-hydrogen) atoms. The second-order valence-corrected chi connectivity index (χ2v) is 14.1. The van der Waals surface area contributed by atoms with E-state index in [1.165, 1.54) is 25.1 Å². The van der Waals surface area contributed by atoms with E-state index >= 15 is 0 Å². The van der Waals surface area contributed by atoms with Gasteiger partial charge < -0.3 is 20.5 Å². The van der Waals surface area contributed by atoms with E-state index in [0.717, 1.165) is 24.9 Å². The molecule has 1 fully saturated rings. The lowest BCUT2D eigenvalue weighted by Gasteiger charge is -2.34. The predicted molar refractivity (Wildman–Crippen MR) is 143 cm³/mol. The Morgan fingerprint density at radius 1 is 1.08 bits per heavy atom. The highest BCUT2D eigenvalue weighted by Crippen LogP contribution is 2.35. The van der Waals surface area contributed by atoms with E-state index < -0.39 is 49.5 Å². The van der Waals surface area contributed by atoms with Crippen LogP contribution in [-0.4, -0.2) is 64.1 Å². The van der Waals surface area contributed by atoms with Gasteiger partial charge in [0.2, 0.25) is 12.7 Å². The van der Waals surface area contributed by atoms with Gasteiger partial charge in [-0.1, -0.05) is 44.2 Å². The highest BCUT2D eigenvalue weighted by molar-refractivity contribution is 7.91. The van der Waals surface area contributed by atoms with Crippen LogP contribution >= 0.6 is 0 Å². The van der Waals surface area contributed by atoms with Crippen LogP contribution in [0.4, 0.5) is 0 Å². The Morgan fingerprint density at radius 2 is 1.79 bits per heavy atom. The van der Waals surface area contributed by atoms with Crippen molar-refractivity contribution in [1.29, 1.82) is 0 Å². The number of nitrogens with zero attached hydrogens (tertiary/aromatic N) is 1. The minimum Gasteiger partial charge on any atom is -0.454 e. The van der Waals surface area contributed by atoms with Crippen molar-refractivity contribution in [2.45, 2.75) is 50.2 Å². The molecular weight excluding hydrogens is 530 g/mol. The number of hydrogen-bond donors (Lipinski definition) is 2. The average molecular weight is 566 g/mol. The van der Waals surface area contributed by atoms with Crippen LogP contribution in [0.5, 0.6) is 11.5 Å². The molecule has 12 heteroatoms. The number of rotatable bonds is 11. The lowest BCUT2D eigenvalue weighted by atomic mass is 9.98. The van der Waals surface area contributed by atoms with E-state index in [0.29, 0.717) is 16.5 Å². The summed E-state index contributed by atoms with van der Waals surface area (Å²) in [4.78, 5) is 13.5. The van der Waals surface area contributed by atoms with Gasteiger partial charge in [-0.2, -0.15) is 0 Å². The number of ether oxygens (including phenoxy) is 2. The number of sulfonamides is 1. The molecular formula is C26H35N3O7S2. The van der Waals surface area contributed by atoms with Gasteiger partial charge in [0.1, 0.15) is 0 Å². The molecule has 4 atom stereocenters. The lowest BCUT2D eigenvalue weighted by molar-refractivity contribution is -0.131. The van der Waals surface area contributed by atoms with Gasteiger partial charge in [0, 0.05) is 12.1 Å². The van der Waals surface area contributed by atoms with Gasteiger partial charge >= 0.3 is 0 Å². The molecule has 0 aliphatic carbocycles. The van der Waals surface area contributed by atoms with Crippen LogP contribution in [-0.2, 0) is 31.1 Å². The summed E-state index contributed by atoms with van der Waals surface area (Å²) >= 11 is 0. The molecule has 0 spiro atoms. The van der Waals surface area contributed by atoms with Crippen LogP contribution in [0.3, 0.4) is 0 Å². The van der Waals surface area contributed by atoms with Crippen LogP contribution in [0, 0.1) is 11.8 Å². The van der Waals surface area contributed by atoms with Gasteiger partial charge in [0.25, 0.3) is 10.0 Å². The highest BCUT2D eigenvalue weighted by Gasteiger charge is 2.40. The quantitative estimate of drug-likeness (QED) is 0.390. The first-order valence-corrected chi connectivity index (χ1v) is 16.0. The van der Waals surface area contributed by atoms with Crippen LogP contribution in [0.2, 0.25) is 0 Å². The molecule has 2 heterocycles. The van der Waals surface area contributed by atoms with Crippen molar-refractivity contribution in [2.24, 2.45) is 17.6 Å². The van der Waals surface area contributed by atoms with Crippen molar-refractivity contribution < 1.29 is 31.1 Å². The van der Waals surface area contributed by atoms with Crippen molar-refractivity contribution in [3.63, 3.8) is 0 Å². The smallest absolute Gasteiger partial charge is 0.268 e. The highest BCUT2D eigenvalue weighted by atomic mass is 32.2. The summed E-state index contributed by atoms with van der Waals surface area (Å²) in [5.74, 6) is -2.39. The molecule has 0 radical (unpaired) electrons. The maximum absolute atomic E-state index is 13.9. The number of fused-ring (bicyclic) bond motifs is 1. The van der Waals surface area contributed by atoms with E-state index in [9.17, 15) is 21.6 Å². The van der Waals surface area contributed by atoms with Gasteiger partial charge in [-0.15, -0.1) is 0 Å². The number of amides is 1. The number of carbonyl (C=O) groups excluding carboxylic acids is 1. The molecule has 1 saturated heterocycles. The fourth-order valence-electron chi connectivity index (χ4n) is 4.86. The SMILES string of the molecule is CC(CS(=O)(=O)C[C@H]1CCCN1)C(=O)N([C@H](N)[C@@H](C)Cc1ccccc1)S(=O)(=O)c1ccc2c(c1)OCO2. The third-order valence-electron chi connectivity index (χ3n) is 6.92. The zero-order valence-corrected chi connectivity index (χ0v) is 23.2. The summed E-state index contributed by atoms with van der Waals surface area (Å²) in [5, 5.41) is 3.15. The fraction of sp³-hybridized carbons (Fsp3) is 0.500. The molecule has 208 valence electrons. The molecule has 0 aromatic heterocycles. The van der Waals surface area contributed by atoms with E-state index in [-0.39, 0.29) is 29.2 Å². The molecule has 0 saturated carbocycles. The van der Waals surface area contributed by atoms with E-state index in [2.05, 4.69) is 5.32 Å². The monoisotopic (exact) mass is 565 g/mol. The lowest BCUT2D eigenvalue weighted by Crippen LogP contribution is -2.55. The Bertz CT molecular complexity index is 1340. The first-order valence-electron chi connectivity index (χ1n) is 12.7. The average Bonchev–Trinajstić information content (AvgIpc) is 3.55. The van der Waals surface area contributed by atoms with Crippen LogP contribution in [0.1, 0.15) is 32.3 Å². The summed E-state index contributed by atoms with van der Waals surface area (Å²) in [6.07, 6.45) is 0.820. The second kappa shape index (κ2) is 11.6. The van der Waals surface area contributed by atoms with Gasteiger partial charge in [-0.3, -0.25) is 4.79 Å². The maximum atomic E-state index is 13.9. The minimum atomic E-state index is -4.47. The molecule has 1 unspecified atom stereocenters. The molecule has 4 rings (SSSR count). The van der Waals surface area contributed by atoms with Gasteiger partial charge in [0.05, 0.1) is 28.5 Å². The molecule has 3 N–H and O–H groups in total. The summed E-state index contributed by atoms with van der Waals surface area (Å²) in [5.41, 5.74) is 7.42. The van der Waals surface area contributed by atoms with E-state index in [1.807, 2.05) is 30.3 Å². The summed E-state index contributed by atoms with van der Waals surface area (Å²) in [6, 6.07) is 13.3. The number of benzene rings is 2. The molecule has 2 aliphatic rings. The van der Waals surface area contributed by atoms with Gasteiger partial charge in [0.15, 0.2) is 21.3 Å². The van der Waals surface area contributed by atoms with Crippen LogP contribution in [0.15, 0.2) is 53.4 Å². The molecule has 2 aromatic rings. The Labute approximate surface area is 224 Å². The van der Waals surface area contributed by atoms with Crippen molar-refractivity contribution >= 4 is 25.8 Å². The third kappa shape index (κ3) is 6.48. The van der Waals surface area contributed by atoms with Crippen LogP contribution < -0.4 is 20.5 Å². The molecule has 10 nitrogen and oxygen atoms in total. The number of nitrogens with two attached hydrogens (primary N) is 1. The predicted octanol–water partition coefficient (Wildman–Crippen LogP) is 1.90. The second-order valence-electron chi connectivity index (χ2n) is 10.1. The normalized spacial score (nSPS) is 19.6. The summed E-state index contributed by atoms with van der Waals surface area (Å²) in [7, 11) is -8.10. The maximum Gasteiger partial charge on any atom is 0.268 e. The number of nitrogens with one attached hydrogen (secondary N) is 1. The largest absolute Gasteiger partial charge is 0.454 e. The molecule has 2 aromatic carbocycles. The van der Waals surface area contributed by atoms with Gasteiger partial charge in [-0.05, 0) is 49.4 Å². The molecule has 1 amide bonds. The zero-order valence-electron chi connectivity index (χ0n) is 21.6. The fourth-order valence-corrected chi connectivity index (χ4v) is 8.46. The first-order chi connectivity index (χ1) is 18.0. The van der Waals surface area contributed by atoms with E-state index in [4.69, 9.17) is 15.2 Å². The number of carbonyl (C=O) groups is 1. The van der Waals surface area contributed by atoms with Crippen molar-refractivity contribution in [1.82, 2.24) is 9.62 Å². The standard InChI is InChI=1S/C26H35N3O7S2/c1-18(13-20-7-4-3-5-8-20)25(27)29(38(33,34)22-10-11-23-24(14-22)36-17-35-23)26(30)19(2)15-37(31,32)16-21-9-6-12-28-21/h3-5,7-8,10-11,14,18-19,21,25,28H,6,9,12-13,15-17,27H2,1-2H3/t18-,19?,21+,25-/m0/s1. The van der Waals surface area contributed by atoms with Crippen LogP contribution in [0.25, 0.3) is 0 Å². The Morgan fingerprint density at radius 3 is 2.47 bits per heavy atom. The Balaban J connectivity index is 1.62. The topological polar surface area (TPSA) is 145 Å². The first kappa shape index (κ1) is 28.3.